The summed E-state index contributed by atoms with van der Waals surface area (Å²) >= 11 is 0. The van der Waals surface area contributed by atoms with E-state index in [2.05, 4.69) is 9.97 Å². The van der Waals surface area contributed by atoms with Crippen molar-refractivity contribution >= 4 is 5.65 Å². The summed E-state index contributed by atoms with van der Waals surface area (Å²) < 4.78 is 1.98. The van der Waals surface area contributed by atoms with Crippen molar-refractivity contribution in [1.82, 2.24) is 14.4 Å². The lowest BCUT2D eigenvalue weighted by Crippen LogP contribution is -1.93. The molecule has 0 aliphatic carbocycles. The number of rotatable bonds is 0. The van der Waals surface area contributed by atoms with Crippen molar-refractivity contribution in [3.05, 3.63) is 30.0 Å². The van der Waals surface area contributed by atoms with E-state index in [-0.39, 0.29) is 0 Å². The fourth-order valence-electron chi connectivity index (χ4n) is 1.24. The van der Waals surface area contributed by atoms with E-state index in [4.69, 9.17) is 0 Å². The maximum Gasteiger partial charge on any atom is 0.158 e. The monoisotopic (exact) mass is 177 g/mol. The predicted molar refractivity (Wildman–Crippen MR) is 53.8 cm³/mol. The van der Waals surface area contributed by atoms with E-state index in [1.54, 1.807) is 6.20 Å². The first kappa shape index (κ1) is 9.71. The summed E-state index contributed by atoms with van der Waals surface area (Å²) in [6.45, 7) is 7.95. The molecule has 13 heavy (non-hydrogen) atoms. The molecule has 0 atom stereocenters. The largest absolute Gasteiger partial charge is 0.304 e. The van der Waals surface area contributed by atoms with Crippen LogP contribution in [-0.2, 0) is 0 Å². The Labute approximate surface area is 78.5 Å². The quantitative estimate of drug-likeness (QED) is 0.618. The average molecular weight is 177 g/mol. The van der Waals surface area contributed by atoms with Gasteiger partial charge in [-0.25, -0.2) is 4.98 Å². The van der Waals surface area contributed by atoms with Gasteiger partial charge in [-0.2, -0.15) is 0 Å². The van der Waals surface area contributed by atoms with E-state index < -0.39 is 0 Å². The Bertz CT molecular complexity index is 390. The van der Waals surface area contributed by atoms with Crippen molar-refractivity contribution in [2.75, 3.05) is 0 Å². The Morgan fingerprint density at radius 2 is 1.92 bits per heavy atom. The molecule has 3 heteroatoms. The summed E-state index contributed by atoms with van der Waals surface area (Å²) in [5.41, 5.74) is 2.94. The van der Waals surface area contributed by atoms with Crippen LogP contribution >= 0.6 is 0 Å². The normalized spacial score (nSPS) is 9.54. The summed E-state index contributed by atoms with van der Waals surface area (Å²) in [6, 6.07) is 0. The van der Waals surface area contributed by atoms with Crippen LogP contribution in [-0.4, -0.2) is 14.4 Å². The molecule has 70 valence electrons. The van der Waals surface area contributed by atoms with Crippen LogP contribution in [0.25, 0.3) is 5.65 Å². The SMILES string of the molecule is CC.Cc1cn2ccnc2c(C)n1. The predicted octanol–water partition coefficient (Wildman–Crippen LogP) is 2.37. The molecular weight excluding hydrogens is 162 g/mol. The van der Waals surface area contributed by atoms with Crippen LogP contribution in [0.4, 0.5) is 0 Å². The van der Waals surface area contributed by atoms with Crippen molar-refractivity contribution in [2.24, 2.45) is 0 Å². The van der Waals surface area contributed by atoms with Gasteiger partial charge in [0.2, 0.25) is 0 Å². The molecule has 0 unspecified atom stereocenters. The third-order valence-electron chi connectivity index (χ3n) is 1.66. The van der Waals surface area contributed by atoms with Gasteiger partial charge < -0.3 is 4.40 Å². The molecule has 3 nitrogen and oxygen atoms in total. The summed E-state index contributed by atoms with van der Waals surface area (Å²) in [7, 11) is 0. The highest BCUT2D eigenvalue weighted by molar-refractivity contribution is 5.42. The van der Waals surface area contributed by atoms with E-state index in [1.165, 1.54) is 0 Å². The van der Waals surface area contributed by atoms with Crippen LogP contribution in [0.2, 0.25) is 0 Å². The lowest BCUT2D eigenvalue weighted by atomic mass is 10.4. The van der Waals surface area contributed by atoms with Gasteiger partial charge in [0.1, 0.15) is 0 Å². The van der Waals surface area contributed by atoms with Crippen molar-refractivity contribution in [2.45, 2.75) is 27.7 Å². The lowest BCUT2D eigenvalue weighted by molar-refractivity contribution is 1.03. The van der Waals surface area contributed by atoms with E-state index in [0.717, 1.165) is 17.0 Å². The molecule has 2 heterocycles. The van der Waals surface area contributed by atoms with E-state index in [9.17, 15) is 0 Å². The molecule has 0 aromatic carbocycles. The highest BCUT2D eigenvalue weighted by Gasteiger charge is 1.98. The minimum absolute atomic E-state index is 0.940. The Morgan fingerprint density at radius 3 is 2.62 bits per heavy atom. The molecule has 2 rings (SSSR count). The first-order valence-electron chi connectivity index (χ1n) is 4.54. The third kappa shape index (κ3) is 1.86. The molecule has 0 saturated heterocycles. The van der Waals surface area contributed by atoms with Crippen molar-refractivity contribution in [3.8, 4) is 0 Å². The number of fused-ring (bicyclic) bond motifs is 1. The number of nitrogens with zero attached hydrogens (tertiary/aromatic N) is 3. The summed E-state index contributed by atoms with van der Waals surface area (Å²) in [5.74, 6) is 0. The zero-order chi connectivity index (χ0) is 9.84. The topological polar surface area (TPSA) is 30.2 Å². The molecule has 0 bridgehead atoms. The first-order chi connectivity index (χ1) is 6.27. The summed E-state index contributed by atoms with van der Waals surface area (Å²) in [5, 5.41) is 0. The van der Waals surface area contributed by atoms with Crippen molar-refractivity contribution in [1.29, 1.82) is 0 Å². The van der Waals surface area contributed by atoms with E-state index >= 15 is 0 Å². The van der Waals surface area contributed by atoms with Gasteiger partial charge in [0.25, 0.3) is 0 Å². The third-order valence-corrected chi connectivity index (χ3v) is 1.66. The van der Waals surface area contributed by atoms with Gasteiger partial charge in [0.05, 0.1) is 11.4 Å². The number of imidazole rings is 1. The number of aryl methyl sites for hydroxylation is 2. The van der Waals surface area contributed by atoms with Gasteiger partial charge in [-0.15, -0.1) is 0 Å². The maximum atomic E-state index is 4.29. The molecule has 0 N–H and O–H groups in total. The second kappa shape index (κ2) is 4.03. The number of hydrogen-bond acceptors (Lipinski definition) is 2. The van der Waals surface area contributed by atoms with Crippen LogP contribution in [0.1, 0.15) is 25.2 Å². The second-order valence-electron chi connectivity index (χ2n) is 2.63. The van der Waals surface area contributed by atoms with Crippen LogP contribution < -0.4 is 0 Å². The Balaban J connectivity index is 0.000000396. The fraction of sp³-hybridized carbons (Fsp3) is 0.400. The fourth-order valence-corrected chi connectivity index (χ4v) is 1.24. The average Bonchev–Trinajstić information content (AvgIpc) is 2.55. The Hall–Kier alpha value is -1.38. The van der Waals surface area contributed by atoms with Crippen molar-refractivity contribution in [3.63, 3.8) is 0 Å². The highest BCUT2D eigenvalue weighted by atomic mass is 15.0. The first-order valence-corrected chi connectivity index (χ1v) is 4.54. The molecule has 2 aromatic heterocycles. The van der Waals surface area contributed by atoms with Gasteiger partial charge in [-0.3, -0.25) is 4.98 Å². The zero-order valence-electron chi connectivity index (χ0n) is 8.57. The van der Waals surface area contributed by atoms with Crippen LogP contribution in [0.3, 0.4) is 0 Å². The molecule has 0 aliphatic heterocycles. The minimum atomic E-state index is 0.940. The van der Waals surface area contributed by atoms with Gasteiger partial charge in [0, 0.05) is 18.6 Å². The van der Waals surface area contributed by atoms with E-state index in [0.29, 0.717) is 0 Å². The molecule has 0 amide bonds. The molecule has 2 aromatic rings. The van der Waals surface area contributed by atoms with Gasteiger partial charge in [-0.05, 0) is 13.8 Å². The lowest BCUT2D eigenvalue weighted by Gasteiger charge is -1.98. The van der Waals surface area contributed by atoms with Gasteiger partial charge in [-0.1, -0.05) is 13.8 Å². The molecule has 0 spiro atoms. The number of aromatic nitrogens is 3. The summed E-state index contributed by atoms with van der Waals surface area (Å²) in [4.78, 5) is 8.45. The summed E-state index contributed by atoms with van der Waals surface area (Å²) in [6.07, 6.45) is 5.68. The molecular formula is C10H15N3. The molecule has 0 saturated carbocycles. The van der Waals surface area contributed by atoms with Crippen LogP contribution in [0.5, 0.6) is 0 Å². The van der Waals surface area contributed by atoms with Crippen LogP contribution in [0.15, 0.2) is 18.6 Å². The molecule has 0 aliphatic rings. The van der Waals surface area contributed by atoms with Gasteiger partial charge >= 0.3 is 0 Å². The highest BCUT2D eigenvalue weighted by Crippen LogP contribution is 2.05. The van der Waals surface area contributed by atoms with Gasteiger partial charge in [0.15, 0.2) is 5.65 Å². The smallest absolute Gasteiger partial charge is 0.158 e. The van der Waals surface area contributed by atoms with Crippen molar-refractivity contribution < 1.29 is 0 Å². The minimum Gasteiger partial charge on any atom is -0.304 e. The van der Waals surface area contributed by atoms with Crippen LogP contribution in [0, 0.1) is 13.8 Å². The second-order valence-corrected chi connectivity index (χ2v) is 2.63. The number of hydrogen-bond donors (Lipinski definition) is 0. The molecule has 0 radical (unpaired) electrons. The Kier molecular flexibility index (Phi) is 3.01. The zero-order valence-corrected chi connectivity index (χ0v) is 8.57. The van der Waals surface area contributed by atoms with E-state index in [1.807, 2.05) is 44.5 Å². The molecule has 0 fully saturated rings. The Morgan fingerprint density at radius 1 is 1.23 bits per heavy atom. The maximum absolute atomic E-state index is 4.29. The standard InChI is InChI=1S/C8H9N3.C2H6/c1-6-5-11-4-3-9-8(11)7(2)10-6;1-2/h3-5H,1-2H3;1-2H3.